The van der Waals surface area contributed by atoms with Gasteiger partial charge in [-0.15, -0.1) is 0 Å². The van der Waals surface area contributed by atoms with Gasteiger partial charge in [0, 0.05) is 13.1 Å². The van der Waals surface area contributed by atoms with Crippen LogP contribution in [0.25, 0.3) is 0 Å². The Bertz CT molecular complexity index is 147. The fourth-order valence-corrected chi connectivity index (χ4v) is 0.985. The van der Waals surface area contributed by atoms with Gasteiger partial charge in [-0.2, -0.15) is 0 Å². The van der Waals surface area contributed by atoms with Crippen molar-refractivity contribution in [2.24, 2.45) is 5.73 Å². The third kappa shape index (κ3) is 10.2. The van der Waals surface area contributed by atoms with Crippen LogP contribution in [0, 0.1) is 0 Å². The van der Waals surface area contributed by atoms with E-state index in [0.717, 1.165) is 0 Å². The molecule has 1 amide bonds. The minimum atomic E-state index is 0.0357. The van der Waals surface area contributed by atoms with Crippen molar-refractivity contribution in [1.29, 1.82) is 0 Å². The zero-order valence-corrected chi connectivity index (χ0v) is 10.3. The molecule has 0 aromatic rings. The van der Waals surface area contributed by atoms with Gasteiger partial charge in [0.15, 0.2) is 0 Å². The molecule has 0 heterocycles. The summed E-state index contributed by atoms with van der Waals surface area (Å²) in [7, 11) is 0. The molecule has 0 rings (SSSR count). The lowest BCUT2D eigenvalue weighted by molar-refractivity contribution is -0.118. The predicted octanol–water partition coefficient (Wildman–Crippen LogP) is -0.471. The van der Waals surface area contributed by atoms with Crippen LogP contribution in [-0.2, 0) is 14.3 Å². The molecule has 0 bridgehead atoms. The molecular formula is C8H17IN2O3. The van der Waals surface area contributed by atoms with Gasteiger partial charge >= 0.3 is 0 Å². The highest BCUT2D eigenvalue weighted by Gasteiger charge is 1.95. The molecule has 0 unspecified atom stereocenters. The van der Waals surface area contributed by atoms with Crippen molar-refractivity contribution in [3.63, 3.8) is 0 Å². The maximum absolute atomic E-state index is 10.8. The number of nitrogens with two attached hydrogens (primary N) is 1. The highest BCUT2D eigenvalue weighted by atomic mass is 127. The SMILES string of the molecule is NCCOCCOCCNC(=O)CI. The van der Waals surface area contributed by atoms with E-state index in [1.54, 1.807) is 0 Å². The lowest BCUT2D eigenvalue weighted by atomic mass is 10.6. The number of hydrogen-bond acceptors (Lipinski definition) is 4. The maximum atomic E-state index is 10.8. The van der Waals surface area contributed by atoms with E-state index in [1.165, 1.54) is 0 Å². The Labute approximate surface area is 97.8 Å². The molecule has 3 N–H and O–H groups in total. The molecular weight excluding hydrogens is 299 g/mol. The second-order valence-corrected chi connectivity index (χ2v) is 3.26. The molecule has 5 nitrogen and oxygen atoms in total. The van der Waals surface area contributed by atoms with Gasteiger partial charge in [0.25, 0.3) is 0 Å². The third-order valence-corrected chi connectivity index (χ3v) is 2.02. The van der Waals surface area contributed by atoms with Crippen LogP contribution in [0.2, 0.25) is 0 Å². The first-order chi connectivity index (χ1) is 6.81. The summed E-state index contributed by atoms with van der Waals surface area (Å²) >= 11 is 2.01. The summed E-state index contributed by atoms with van der Waals surface area (Å²) in [5, 5.41) is 2.70. The van der Waals surface area contributed by atoms with E-state index in [1.807, 2.05) is 22.6 Å². The van der Waals surface area contributed by atoms with Gasteiger partial charge in [-0.05, 0) is 0 Å². The van der Waals surface area contributed by atoms with E-state index < -0.39 is 0 Å². The number of rotatable bonds is 9. The Morgan fingerprint density at radius 1 is 1.21 bits per heavy atom. The molecule has 0 aromatic carbocycles. The molecule has 0 saturated heterocycles. The van der Waals surface area contributed by atoms with Gasteiger partial charge < -0.3 is 20.5 Å². The summed E-state index contributed by atoms with van der Waals surface area (Å²) in [4.78, 5) is 10.8. The Morgan fingerprint density at radius 2 is 1.86 bits per heavy atom. The normalized spacial score (nSPS) is 10.1. The molecule has 0 aromatic heterocycles. The average Bonchev–Trinajstić information content (AvgIpc) is 2.21. The molecule has 0 saturated carbocycles. The van der Waals surface area contributed by atoms with Crippen LogP contribution in [0.15, 0.2) is 0 Å². The van der Waals surface area contributed by atoms with Crippen LogP contribution in [0.5, 0.6) is 0 Å². The number of carbonyl (C=O) groups is 1. The number of hydrogen-bond donors (Lipinski definition) is 2. The number of amides is 1. The zero-order valence-electron chi connectivity index (χ0n) is 8.13. The summed E-state index contributed by atoms with van der Waals surface area (Å²) < 4.78 is 10.8. The lowest BCUT2D eigenvalue weighted by Crippen LogP contribution is -2.28. The standard InChI is InChI=1S/C8H17IN2O3/c9-7-8(12)11-2-4-14-6-5-13-3-1-10/h1-7,10H2,(H,11,12). The summed E-state index contributed by atoms with van der Waals surface area (Å²) in [5.74, 6) is 0.0357. The topological polar surface area (TPSA) is 73.6 Å². The molecule has 84 valence electrons. The highest BCUT2D eigenvalue weighted by Crippen LogP contribution is 1.80. The Balaban J connectivity index is 2.95. The van der Waals surface area contributed by atoms with E-state index in [2.05, 4.69) is 5.32 Å². The van der Waals surface area contributed by atoms with Gasteiger partial charge in [0.05, 0.1) is 30.9 Å². The number of ether oxygens (including phenoxy) is 2. The Hall–Kier alpha value is 0.0800. The van der Waals surface area contributed by atoms with Gasteiger partial charge in [0.2, 0.25) is 5.91 Å². The predicted molar refractivity (Wildman–Crippen MR) is 62.6 cm³/mol. The van der Waals surface area contributed by atoms with Crippen molar-refractivity contribution >= 4 is 28.5 Å². The Kier molecular flexibility index (Phi) is 11.2. The second kappa shape index (κ2) is 11.2. The van der Waals surface area contributed by atoms with Crippen LogP contribution in [0.3, 0.4) is 0 Å². The van der Waals surface area contributed by atoms with E-state index >= 15 is 0 Å². The molecule has 0 aliphatic rings. The summed E-state index contributed by atoms with van der Waals surface area (Å²) in [6, 6.07) is 0. The molecule has 14 heavy (non-hydrogen) atoms. The first-order valence-corrected chi connectivity index (χ1v) is 6.02. The van der Waals surface area contributed by atoms with Crippen LogP contribution in [-0.4, -0.2) is 49.9 Å². The van der Waals surface area contributed by atoms with Crippen molar-refractivity contribution in [2.75, 3.05) is 43.9 Å². The smallest absolute Gasteiger partial charge is 0.229 e. The number of alkyl halides is 1. The maximum Gasteiger partial charge on any atom is 0.229 e. The van der Waals surface area contributed by atoms with E-state index in [9.17, 15) is 4.79 Å². The zero-order chi connectivity index (χ0) is 10.6. The molecule has 0 aliphatic carbocycles. The number of carbonyl (C=O) groups excluding carboxylic acids is 1. The molecule has 0 spiro atoms. The second-order valence-electron chi connectivity index (χ2n) is 2.50. The number of nitrogens with one attached hydrogen (secondary N) is 1. The van der Waals surface area contributed by atoms with Crippen molar-refractivity contribution in [2.45, 2.75) is 0 Å². The first-order valence-electron chi connectivity index (χ1n) is 4.49. The van der Waals surface area contributed by atoms with Crippen LogP contribution < -0.4 is 11.1 Å². The quantitative estimate of drug-likeness (QED) is 0.343. The van der Waals surface area contributed by atoms with Gasteiger partial charge in [-0.3, -0.25) is 4.79 Å². The number of halogens is 1. The average molecular weight is 316 g/mol. The summed E-state index contributed by atoms with van der Waals surface area (Å²) in [6.45, 7) is 3.27. The fraction of sp³-hybridized carbons (Fsp3) is 0.875. The van der Waals surface area contributed by atoms with E-state index in [0.29, 0.717) is 43.9 Å². The fourth-order valence-electron chi connectivity index (χ4n) is 0.715. The van der Waals surface area contributed by atoms with Crippen molar-refractivity contribution in [3.05, 3.63) is 0 Å². The first kappa shape index (κ1) is 14.1. The van der Waals surface area contributed by atoms with Gasteiger partial charge in [-0.1, -0.05) is 22.6 Å². The van der Waals surface area contributed by atoms with Gasteiger partial charge in [0.1, 0.15) is 0 Å². The molecule has 0 aliphatic heterocycles. The molecule has 0 atom stereocenters. The van der Waals surface area contributed by atoms with Crippen LogP contribution >= 0.6 is 22.6 Å². The summed E-state index contributed by atoms with van der Waals surface area (Å²) in [5.41, 5.74) is 5.23. The van der Waals surface area contributed by atoms with E-state index in [-0.39, 0.29) is 5.91 Å². The van der Waals surface area contributed by atoms with Crippen molar-refractivity contribution in [3.8, 4) is 0 Å². The van der Waals surface area contributed by atoms with Crippen molar-refractivity contribution in [1.82, 2.24) is 5.32 Å². The lowest BCUT2D eigenvalue weighted by Gasteiger charge is -2.05. The highest BCUT2D eigenvalue weighted by molar-refractivity contribution is 14.1. The van der Waals surface area contributed by atoms with Crippen molar-refractivity contribution < 1.29 is 14.3 Å². The summed E-state index contributed by atoms with van der Waals surface area (Å²) in [6.07, 6.45) is 0. The third-order valence-electron chi connectivity index (χ3n) is 1.32. The minimum Gasteiger partial charge on any atom is -0.378 e. The monoisotopic (exact) mass is 316 g/mol. The van der Waals surface area contributed by atoms with E-state index in [4.69, 9.17) is 15.2 Å². The van der Waals surface area contributed by atoms with Crippen LogP contribution in [0.1, 0.15) is 0 Å². The molecule has 6 heteroatoms. The molecule has 0 fully saturated rings. The molecule has 0 radical (unpaired) electrons. The Morgan fingerprint density at radius 3 is 2.43 bits per heavy atom. The van der Waals surface area contributed by atoms with Gasteiger partial charge in [-0.25, -0.2) is 0 Å². The van der Waals surface area contributed by atoms with Crippen LogP contribution in [0.4, 0.5) is 0 Å². The minimum absolute atomic E-state index is 0.0357. The largest absolute Gasteiger partial charge is 0.378 e.